The fourth-order valence-corrected chi connectivity index (χ4v) is 6.61. The zero-order valence-corrected chi connectivity index (χ0v) is 18.1. The largest absolute Gasteiger partial charge is 0.339 e. The Kier molecular flexibility index (Phi) is 4.36. The van der Waals surface area contributed by atoms with Crippen molar-refractivity contribution in [2.75, 3.05) is 0 Å². The van der Waals surface area contributed by atoms with Crippen LogP contribution in [0.4, 0.5) is 0 Å². The molecule has 6 nitrogen and oxygen atoms in total. The molecule has 0 bridgehead atoms. The lowest BCUT2D eigenvalue weighted by Gasteiger charge is -2.10. The summed E-state index contributed by atoms with van der Waals surface area (Å²) >= 11 is 2.80. The Balaban J connectivity index is 1.98. The molecular weight excluding hydrogens is 436 g/mol. The molecule has 4 heterocycles. The van der Waals surface area contributed by atoms with E-state index in [1.54, 1.807) is 17.7 Å². The maximum Gasteiger partial charge on any atom is 0.287 e. The lowest BCUT2D eigenvalue weighted by atomic mass is 10.0. The first-order valence-corrected chi connectivity index (χ1v) is 12.1. The molecule has 0 saturated carbocycles. The molecule has 30 heavy (non-hydrogen) atoms. The van der Waals surface area contributed by atoms with Gasteiger partial charge in [-0.05, 0) is 29.0 Å². The second kappa shape index (κ2) is 6.95. The van der Waals surface area contributed by atoms with Gasteiger partial charge in [0.2, 0.25) is 0 Å². The maximum atomic E-state index is 13.7. The summed E-state index contributed by atoms with van der Waals surface area (Å²) in [4.78, 5) is 5.45. The molecule has 0 radical (unpaired) electrons. The first-order valence-electron chi connectivity index (χ1n) is 8.91. The standard InChI is InChI=1S/C21H14N4O2S3/c1-24-12-19(23-13-24)30(26,27)25-16-6-3-2-5-14(16)20(15-8-10-29-18(15)11-22)21(25)17-7-4-9-28-17/h2-10,12-13H,1H3. The van der Waals surface area contributed by atoms with Gasteiger partial charge >= 0.3 is 0 Å². The minimum atomic E-state index is -3.98. The van der Waals surface area contributed by atoms with Crippen molar-refractivity contribution in [3.05, 3.63) is 70.6 Å². The van der Waals surface area contributed by atoms with Crippen LogP contribution in [-0.4, -0.2) is 21.9 Å². The third-order valence-corrected chi connectivity index (χ3v) is 8.10. The van der Waals surface area contributed by atoms with Crippen molar-refractivity contribution in [1.82, 2.24) is 13.5 Å². The second-order valence-corrected chi connectivity index (χ2v) is 10.2. The van der Waals surface area contributed by atoms with Crippen LogP contribution in [0.2, 0.25) is 0 Å². The summed E-state index contributed by atoms with van der Waals surface area (Å²) in [6.45, 7) is 0. The number of nitriles is 1. The van der Waals surface area contributed by atoms with Crippen molar-refractivity contribution in [3.8, 4) is 27.8 Å². The van der Waals surface area contributed by atoms with Gasteiger partial charge in [0.25, 0.3) is 10.0 Å². The van der Waals surface area contributed by atoms with Crippen LogP contribution in [-0.2, 0) is 17.1 Å². The van der Waals surface area contributed by atoms with Crippen molar-refractivity contribution in [2.24, 2.45) is 7.05 Å². The van der Waals surface area contributed by atoms with E-state index in [0.29, 0.717) is 16.1 Å². The van der Waals surface area contributed by atoms with Crippen LogP contribution in [0.15, 0.2) is 70.8 Å². The smallest absolute Gasteiger partial charge is 0.287 e. The van der Waals surface area contributed by atoms with Gasteiger partial charge in [-0.2, -0.15) is 13.7 Å². The Bertz CT molecular complexity index is 1530. The van der Waals surface area contributed by atoms with E-state index in [1.807, 2.05) is 47.2 Å². The SMILES string of the molecule is Cn1cnc(S(=O)(=O)n2c(-c3cccs3)c(-c3ccsc3C#N)c3ccccc32)c1. The van der Waals surface area contributed by atoms with E-state index in [9.17, 15) is 13.7 Å². The highest BCUT2D eigenvalue weighted by Crippen LogP contribution is 2.45. The van der Waals surface area contributed by atoms with Crippen molar-refractivity contribution in [3.63, 3.8) is 0 Å². The summed E-state index contributed by atoms with van der Waals surface area (Å²) in [7, 11) is -2.25. The maximum absolute atomic E-state index is 13.7. The van der Waals surface area contributed by atoms with E-state index in [-0.39, 0.29) is 5.03 Å². The molecule has 5 aromatic rings. The normalized spacial score (nSPS) is 11.7. The fraction of sp³-hybridized carbons (Fsp3) is 0.0476. The third kappa shape index (κ3) is 2.73. The number of rotatable bonds is 4. The van der Waals surface area contributed by atoms with Gasteiger partial charge in [0.1, 0.15) is 10.9 Å². The molecule has 4 aromatic heterocycles. The predicted octanol–water partition coefficient (Wildman–Crippen LogP) is 4.94. The zero-order valence-electron chi connectivity index (χ0n) is 15.7. The quantitative estimate of drug-likeness (QED) is 0.388. The van der Waals surface area contributed by atoms with Crippen molar-refractivity contribution < 1.29 is 8.42 Å². The molecule has 0 saturated heterocycles. The van der Waals surface area contributed by atoms with Crippen LogP contribution in [0, 0.1) is 11.3 Å². The summed E-state index contributed by atoms with van der Waals surface area (Å²) < 4.78 is 30.5. The van der Waals surface area contributed by atoms with Crippen LogP contribution < -0.4 is 0 Å². The molecule has 0 aliphatic carbocycles. The van der Waals surface area contributed by atoms with Crippen LogP contribution in [0.5, 0.6) is 0 Å². The molecule has 0 aliphatic rings. The van der Waals surface area contributed by atoms with E-state index >= 15 is 0 Å². The van der Waals surface area contributed by atoms with E-state index in [4.69, 9.17) is 0 Å². The average Bonchev–Trinajstić information content (AvgIpc) is 3.51. The van der Waals surface area contributed by atoms with Gasteiger partial charge in [0, 0.05) is 29.8 Å². The summed E-state index contributed by atoms with van der Waals surface area (Å²) in [6, 6.07) is 15.3. The third-order valence-electron chi connectivity index (χ3n) is 4.81. The molecule has 0 spiro atoms. The highest BCUT2D eigenvalue weighted by atomic mass is 32.2. The first-order chi connectivity index (χ1) is 14.5. The van der Waals surface area contributed by atoms with E-state index in [1.165, 1.54) is 39.2 Å². The van der Waals surface area contributed by atoms with Crippen LogP contribution in [0.1, 0.15) is 4.88 Å². The number of nitrogens with zero attached hydrogens (tertiary/aromatic N) is 4. The average molecular weight is 451 g/mol. The number of benzene rings is 1. The summed E-state index contributed by atoms with van der Waals surface area (Å²) in [5, 5.41) is 14.1. The van der Waals surface area contributed by atoms with Crippen molar-refractivity contribution >= 4 is 43.6 Å². The highest BCUT2D eigenvalue weighted by Gasteiger charge is 2.31. The lowest BCUT2D eigenvalue weighted by molar-refractivity contribution is 0.586. The van der Waals surface area contributed by atoms with Crippen molar-refractivity contribution in [2.45, 2.75) is 5.03 Å². The minimum absolute atomic E-state index is 0.0269. The van der Waals surface area contributed by atoms with Gasteiger partial charge in [-0.15, -0.1) is 22.7 Å². The molecule has 1 aromatic carbocycles. The Morgan fingerprint density at radius 2 is 1.90 bits per heavy atom. The number of thiophene rings is 2. The number of hydrogen-bond donors (Lipinski definition) is 0. The van der Waals surface area contributed by atoms with Gasteiger partial charge in [-0.3, -0.25) is 0 Å². The summed E-state index contributed by atoms with van der Waals surface area (Å²) in [5.74, 6) is 0. The molecule has 9 heteroatoms. The van der Waals surface area contributed by atoms with E-state index < -0.39 is 10.0 Å². The lowest BCUT2D eigenvalue weighted by Crippen LogP contribution is -2.14. The monoisotopic (exact) mass is 450 g/mol. The zero-order chi connectivity index (χ0) is 20.9. The van der Waals surface area contributed by atoms with Gasteiger partial charge in [-0.1, -0.05) is 24.3 Å². The molecule has 0 amide bonds. The number of para-hydroxylation sites is 1. The number of aryl methyl sites for hydroxylation is 1. The number of aromatic nitrogens is 3. The topological polar surface area (TPSA) is 80.7 Å². The van der Waals surface area contributed by atoms with Gasteiger partial charge < -0.3 is 4.57 Å². The minimum Gasteiger partial charge on any atom is -0.339 e. The predicted molar refractivity (Wildman–Crippen MR) is 119 cm³/mol. The van der Waals surface area contributed by atoms with Gasteiger partial charge in [0.15, 0.2) is 5.03 Å². The van der Waals surface area contributed by atoms with E-state index in [2.05, 4.69) is 11.1 Å². The molecule has 0 fully saturated rings. The molecular formula is C21H14N4O2S3. The highest BCUT2D eigenvalue weighted by molar-refractivity contribution is 7.90. The molecule has 0 unspecified atom stereocenters. The number of fused-ring (bicyclic) bond motifs is 1. The van der Waals surface area contributed by atoms with Crippen LogP contribution >= 0.6 is 22.7 Å². The van der Waals surface area contributed by atoms with Crippen LogP contribution in [0.25, 0.3) is 32.6 Å². The van der Waals surface area contributed by atoms with Crippen LogP contribution in [0.3, 0.4) is 0 Å². The molecule has 5 rings (SSSR count). The van der Waals surface area contributed by atoms with E-state index in [0.717, 1.165) is 21.4 Å². The summed E-state index contributed by atoms with van der Waals surface area (Å²) in [6.07, 6.45) is 2.96. The molecule has 0 aliphatic heterocycles. The molecule has 148 valence electrons. The number of hydrogen-bond acceptors (Lipinski definition) is 6. The van der Waals surface area contributed by atoms with Gasteiger partial charge in [-0.25, -0.2) is 8.96 Å². The Morgan fingerprint density at radius 3 is 2.60 bits per heavy atom. The molecule has 0 atom stereocenters. The first kappa shape index (κ1) is 18.8. The fourth-order valence-electron chi connectivity index (χ4n) is 3.58. The number of imidazole rings is 1. The van der Waals surface area contributed by atoms with Gasteiger partial charge in [0.05, 0.1) is 22.4 Å². The Morgan fingerprint density at radius 1 is 1.07 bits per heavy atom. The summed E-state index contributed by atoms with van der Waals surface area (Å²) in [5.41, 5.74) is 2.57. The second-order valence-electron chi connectivity index (χ2n) is 6.64. The molecule has 0 N–H and O–H groups in total. The Hall–Kier alpha value is -3.19. The van der Waals surface area contributed by atoms with Crippen molar-refractivity contribution in [1.29, 1.82) is 5.26 Å². The Labute approximate surface area is 181 Å².